The molecule has 1 saturated carbocycles. The van der Waals surface area contributed by atoms with E-state index in [0.29, 0.717) is 0 Å². The summed E-state index contributed by atoms with van der Waals surface area (Å²) >= 11 is 2.39. The first kappa shape index (κ1) is 14.1. The molecule has 0 atom stereocenters. The molecule has 0 aromatic heterocycles. The van der Waals surface area contributed by atoms with Gasteiger partial charge in [-0.25, -0.2) is 0 Å². The Labute approximate surface area is 135 Å². The van der Waals surface area contributed by atoms with E-state index < -0.39 is 0 Å². The van der Waals surface area contributed by atoms with Gasteiger partial charge in [0.1, 0.15) is 0 Å². The topological polar surface area (TPSA) is 0 Å². The van der Waals surface area contributed by atoms with Gasteiger partial charge in [-0.1, -0.05) is 61.2 Å². The van der Waals surface area contributed by atoms with Gasteiger partial charge < -0.3 is 0 Å². The lowest BCUT2D eigenvalue weighted by Gasteiger charge is -2.38. The maximum Gasteiger partial charge on any atom is 0.0202 e. The summed E-state index contributed by atoms with van der Waals surface area (Å²) < 4.78 is 1.32. The van der Waals surface area contributed by atoms with Crippen LogP contribution >= 0.6 is 22.6 Å². The van der Waals surface area contributed by atoms with Crippen LogP contribution in [-0.2, 0) is 5.41 Å². The third kappa shape index (κ3) is 2.65. The second kappa shape index (κ2) is 5.88. The van der Waals surface area contributed by atoms with Crippen LogP contribution in [0.2, 0.25) is 0 Å². The number of halogens is 1. The molecule has 0 unspecified atom stereocenters. The minimum Gasteiger partial charge on any atom is -0.0590 e. The molecular weight excluding hydrogens is 355 g/mol. The third-order valence-electron chi connectivity index (χ3n) is 4.71. The number of hydrogen-bond acceptors (Lipinski definition) is 0. The Hall–Kier alpha value is -0.830. The highest BCUT2D eigenvalue weighted by atomic mass is 127. The van der Waals surface area contributed by atoms with Crippen molar-refractivity contribution in [2.24, 2.45) is 0 Å². The van der Waals surface area contributed by atoms with Crippen molar-refractivity contribution in [2.45, 2.75) is 44.4 Å². The summed E-state index contributed by atoms with van der Waals surface area (Å²) in [6.07, 6.45) is 6.66. The van der Waals surface area contributed by atoms with E-state index in [1.54, 1.807) is 0 Å². The Bertz CT molecular complexity index is 512. The summed E-state index contributed by atoms with van der Waals surface area (Å²) in [5.74, 6) is 0. The van der Waals surface area contributed by atoms with Crippen molar-refractivity contribution in [2.75, 3.05) is 0 Å². The summed E-state index contributed by atoms with van der Waals surface area (Å²) in [6.45, 7) is 2.17. The average Bonchev–Trinajstić information content (AvgIpc) is 2.49. The first-order chi connectivity index (χ1) is 9.71. The molecule has 0 heterocycles. The van der Waals surface area contributed by atoms with Gasteiger partial charge in [0.15, 0.2) is 0 Å². The summed E-state index contributed by atoms with van der Waals surface area (Å²) in [5, 5.41) is 0. The van der Waals surface area contributed by atoms with Crippen molar-refractivity contribution in [3.63, 3.8) is 0 Å². The van der Waals surface area contributed by atoms with Gasteiger partial charge in [-0.2, -0.15) is 0 Å². The van der Waals surface area contributed by atoms with Crippen molar-refractivity contribution in [3.05, 3.63) is 68.8 Å². The molecule has 0 amide bonds. The van der Waals surface area contributed by atoms with Crippen LogP contribution in [-0.4, -0.2) is 0 Å². The van der Waals surface area contributed by atoms with E-state index >= 15 is 0 Å². The lowest BCUT2D eigenvalue weighted by Crippen LogP contribution is -2.30. The maximum absolute atomic E-state index is 2.39. The van der Waals surface area contributed by atoms with Gasteiger partial charge in [0.05, 0.1) is 0 Å². The van der Waals surface area contributed by atoms with E-state index in [4.69, 9.17) is 0 Å². The van der Waals surface area contributed by atoms with Crippen molar-refractivity contribution in [1.29, 1.82) is 0 Å². The van der Waals surface area contributed by atoms with Crippen molar-refractivity contribution in [1.82, 2.24) is 0 Å². The number of aryl methyl sites for hydroxylation is 1. The first-order valence-electron chi connectivity index (χ1n) is 7.54. The average molecular weight is 376 g/mol. The zero-order valence-electron chi connectivity index (χ0n) is 12.0. The fourth-order valence-corrected chi connectivity index (χ4v) is 3.90. The van der Waals surface area contributed by atoms with Crippen LogP contribution < -0.4 is 0 Å². The molecule has 0 aliphatic heterocycles. The largest absolute Gasteiger partial charge is 0.0590 e. The van der Waals surface area contributed by atoms with Crippen LogP contribution in [0.15, 0.2) is 48.5 Å². The van der Waals surface area contributed by atoms with Crippen LogP contribution in [0.5, 0.6) is 0 Å². The molecule has 0 nitrogen and oxygen atoms in total. The third-order valence-corrected chi connectivity index (χ3v) is 5.43. The summed E-state index contributed by atoms with van der Waals surface area (Å²) in [6, 6.07) is 18.4. The minimum atomic E-state index is 0.246. The second-order valence-corrected chi connectivity index (χ2v) is 7.26. The van der Waals surface area contributed by atoms with Gasteiger partial charge in [-0.05, 0) is 65.6 Å². The predicted octanol–water partition coefficient (Wildman–Crippen LogP) is 5.85. The molecule has 1 heteroatoms. The lowest BCUT2D eigenvalue weighted by molar-refractivity contribution is 0.346. The monoisotopic (exact) mass is 376 g/mol. The lowest BCUT2D eigenvalue weighted by atomic mass is 9.65. The van der Waals surface area contributed by atoms with E-state index in [9.17, 15) is 0 Å². The van der Waals surface area contributed by atoms with Crippen molar-refractivity contribution >= 4 is 22.6 Å². The SMILES string of the molecule is Cc1ccc(C2(c3ccc(I)cc3)CCCCC2)cc1. The zero-order chi connectivity index (χ0) is 14.0. The van der Waals surface area contributed by atoms with Gasteiger partial charge in [0.2, 0.25) is 0 Å². The molecule has 104 valence electrons. The Morgan fingerprint density at radius 1 is 0.750 bits per heavy atom. The van der Waals surface area contributed by atoms with E-state index in [1.807, 2.05) is 0 Å². The minimum absolute atomic E-state index is 0.246. The summed E-state index contributed by atoms with van der Waals surface area (Å²) in [4.78, 5) is 0. The van der Waals surface area contributed by atoms with Crippen molar-refractivity contribution in [3.8, 4) is 0 Å². The Morgan fingerprint density at radius 3 is 1.80 bits per heavy atom. The molecule has 20 heavy (non-hydrogen) atoms. The molecule has 2 aromatic carbocycles. The van der Waals surface area contributed by atoms with E-state index in [0.717, 1.165) is 0 Å². The Kier molecular flexibility index (Phi) is 4.16. The van der Waals surface area contributed by atoms with Gasteiger partial charge in [-0.3, -0.25) is 0 Å². The fourth-order valence-electron chi connectivity index (χ4n) is 3.54. The van der Waals surface area contributed by atoms with Gasteiger partial charge in [0, 0.05) is 8.99 Å². The van der Waals surface area contributed by atoms with E-state index in [2.05, 4.69) is 78.0 Å². The molecule has 0 bridgehead atoms. The van der Waals surface area contributed by atoms with Gasteiger partial charge in [-0.15, -0.1) is 0 Å². The molecule has 3 rings (SSSR count). The highest BCUT2D eigenvalue weighted by molar-refractivity contribution is 14.1. The molecule has 1 aliphatic carbocycles. The molecule has 1 aliphatic rings. The maximum atomic E-state index is 2.39. The quantitative estimate of drug-likeness (QED) is 0.577. The zero-order valence-corrected chi connectivity index (χ0v) is 14.2. The smallest absolute Gasteiger partial charge is 0.0202 e. The van der Waals surface area contributed by atoms with Gasteiger partial charge >= 0.3 is 0 Å². The number of benzene rings is 2. The molecule has 0 radical (unpaired) electrons. The first-order valence-corrected chi connectivity index (χ1v) is 8.62. The second-order valence-electron chi connectivity index (χ2n) is 6.02. The normalized spacial score (nSPS) is 17.9. The Balaban J connectivity index is 2.08. The Morgan fingerprint density at radius 2 is 1.25 bits per heavy atom. The van der Waals surface area contributed by atoms with E-state index in [-0.39, 0.29) is 5.41 Å². The van der Waals surface area contributed by atoms with Crippen LogP contribution in [0.4, 0.5) is 0 Å². The molecule has 0 spiro atoms. The number of rotatable bonds is 2. The molecular formula is C19H21I. The molecule has 0 N–H and O–H groups in total. The van der Waals surface area contributed by atoms with Crippen LogP contribution in [0, 0.1) is 10.5 Å². The summed E-state index contributed by atoms with van der Waals surface area (Å²) in [5.41, 5.74) is 4.60. The van der Waals surface area contributed by atoms with Gasteiger partial charge in [0.25, 0.3) is 0 Å². The molecule has 1 fully saturated rings. The summed E-state index contributed by atoms with van der Waals surface area (Å²) in [7, 11) is 0. The van der Waals surface area contributed by atoms with Crippen LogP contribution in [0.25, 0.3) is 0 Å². The number of hydrogen-bond donors (Lipinski definition) is 0. The highest BCUT2D eigenvalue weighted by Crippen LogP contribution is 2.44. The molecule has 2 aromatic rings. The van der Waals surface area contributed by atoms with Crippen LogP contribution in [0.1, 0.15) is 48.8 Å². The van der Waals surface area contributed by atoms with E-state index in [1.165, 1.54) is 52.4 Å². The van der Waals surface area contributed by atoms with Crippen LogP contribution in [0.3, 0.4) is 0 Å². The fraction of sp³-hybridized carbons (Fsp3) is 0.368. The highest BCUT2D eigenvalue weighted by Gasteiger charge is 2.35. The predicted molar refractivity (Wildman–Crippen MR) is 94.2 cm³/mol. The molecule has 0 saturated heterocycles. The van der Waals surface area contributed by atoms with Crippen molar-refractivity contribution < 1.29 is 0 Å². The standard InChI is InChI=1S/C19H21I/c1-15-5-7-16(8-6-15)19(13-3-2-4-14-19)17-9-11-18(20)12-10-17/h5-12H,2-4,13-14H2,1H3.